The van der Waals surface area contributed by atoms with Crippen molar-refractivity contribution in [2.24, 2.45) is 0 Å². The number of hydrogen-bond donors (Lipinski definition) is 1. The molecule has 1 aromatic heterocycles. The molecule has 7 heteroatoms. The fraction of sp³-hybridized carbons (Fsp3) is 0.286. The van der Waals surface area contributed by atoms with E-state index < -0.39 is 9.84 Å². The summed E-state index contributed by atoms with van der Waals surface area (Å²) in [5.41, 5.74) is 1.72. The number of benzene rings is 2. The van der Waals surface area contributed by atoms with E-state index in [4.69, 9.17) is 9.15 Å². The molecule has 2 heterocycles. The van der Waals surface area contributed by atoms with Gasteiger partial charge in [-0.15, -0.1) is 0 Å². The van der Waals surface area contributed by atoms with Gasteiger partial charge in [0.1, 0.15) is 0 Å². The summed E-state index contributed by atoms with van der Waals surface area (Å²) in [6.07, 6.45) is 1.98. The lowest BCUT2D eigenvalue weighted by Crippen LogP contribution is -2.19. The first-order valence-corrected chi connectivity index (χ1v) is 10.8. The van der Waals surface area contributed by atoms with Crippen molar-refractivity contribution in [2.75, 3.05) is 18.5 Å². The zero-order chi connectivity index (χ0) is 19.6. The Morgan fingerprint density at radius 3 is 2.57 bits per heavy atom. The number of ether oxygens (including phenoxy) is 1. The van der Waals surface area contributed by atoms with E-state index in [1.165, 1.54) is 0 Å². The molecule has 1 unspecified atom stereocenters. The molecule has 1 saturated heterocycles. The van der Waals surface area contributed by atoms with Crippen LogP contribution in [0.1, 0.15) is 18.4 Å². The molecular weight excluding hydrogens is 376 g/mol. The number of oxazole rings is 1. The summed E-state index contributed by atoms with van der Waals surface area (Å²) in [4.78, 5) is 4.56. The Morgan fingerprint density at radius 2 is 1.86 bits per heavy atom. The van der Waals surface area contributed by atoms with Crippen LogP contribution in [-0.4, -0.2) is 32.7 Å². The maximum atomic E-state index is 13.2. The van der Waals surface area contributed by atoms with E-state index in [1.54, 1.807) is 30.3 Å². The van der Waals surface area contributed by atoms with Gasteiger partial charge in [-0.05, 0) is 43.5 Å². The average Bonchev–Trinajstić information content (AvgIpc) is 3.37. The normalized spacial score (nSPS) is 17.0. The summed E-state index contributed by atoms with van der Waals surface area (Å²) in [5, 5.41) is 3.01. The van der Waals surface area contributed by atoms with Gasteiger partial charge in [0.25, 0.3) is 0 Å². The minimum atomic E-state index is -3.82. The fourth-order valence-electron chi connectivity index (χ4n) is 3.25. The largest absolute Gasteiger partial charge is 0.419 e. The molecule has 0 spiro atoms. The second-order valence-electron chi connectivity index (χ2n) is 6.80. The molecule has 1 atom stereocenters. The Balaban J connectivity index is 1.75. The van der Waals surface area contributed by atoms with Crippen molar-refractivity contribution < 1.29 is 17.6 Å². The average molecular weight is 398 g/mol. The van der Waals surface area contributed by atoms with Gasteiger partial charge in [0.15, 0.2) is 0 Å². The van der Waals surface area contributed by atoms with E-state index in [0.717, 1.165) is 30.6 Å². The van der Waals surface area contributed by atoms with Gasteiger partial charge >= 0.3 is 0 Å². The molecule has 0 saturated carbocycles. The molecule has 0 radical (unpaired) electrons. The minimum Gasteiger partial charge on any atom is -0.419 e. The lowest BCUT2D eigenvalue weighted by Gasteiger charge is -2.10. The van der Waals surface area contributed by atoms with Gasteiger partial charge in [0, 0.05) is 18.7 Å². The third-order valence-corrected chi connectivity index (χ3v) is 6.47. The molecule has 3 aromatic rings. The highest BCUT2D eigenvalue weighted by Gasteiger charge is 2.29. The molecule has 146 valence electrons. The van der Waals surface area contributed by atoms with Gasteiger partial charge in [-0.3, -0.25) is 0 Å². The fourth-order valence-corrected chi connectivity index (χ4v) is 4.55. The minimum absolute atomic E-state index is 0.0410. The van der Waals surface area contributed by atoms with E-state index in [0.29, 0.717) is 6.54 Å². The quantitative estimate of drug-likeness (QED) is 0.674. The molecular formula is C21H22N2O4S. The van der Waals surface area contributed by atoms with Crippen LogP contribution in [0.2, 0.25) is 0 Å². The summed E-state index contributed by atoms with van der Waals surface area (Å²) in [5.74, 6) is 0.431. The molecule has 1 N–H and O–H groups in total. The van der Waals surface area contributed by atoms with Gasteiger partial charge in [-0.25, -0.2) is 8.42 Å². The highest BCUT2D eigenvalue weighted by Crippen LogP contribution is 2.33. The van der Waals surface area contributed by atoms with E-state index in [-0.39, 0.29) is 27.8 Å². The SMILES string of the molecule is Cc1ccccc1-c1nc(S(=O)(=O)c2ccccc2)c(NCC2CCCO2)o1. The van der Waals surface area contributed by atoms with Crippen LogP contribution in [0.25, 0.3) is 11.5 Å². The third kappa shape index (κ3) is 3.68. The summed E-state index contributed by atoms with van der Waals surface area (Å²) in [6, 6.07) is 15.9. The van der Waals surface area contributed by atoms with Crippen LogP contribution in [0.5, 0.6) is 0 Å². The van der Waals surface area contributed by atoms with Crippen LogP contribution in [0, 0.1) is 6.92 Å². The van der Waals surface area contributed by atoms with Crippen LogP contribution >= 0.6 is 0 Å². The summed E-state index contributed by atoms with van der Waals surface area (Å²) in [7, 11) is -3.82. The van der Waals surface area contributed by atoms with Crippen molar-refractivity contribution in [3.8, 4) is 11.5 Å². The highest BCUT2D eigenvalue weighted by atomic mass is 32.2. The van der Waals surface area contributed by atoms with Crippen molar-refractivity contribution in [1.82, 2.24) is 4.98 Å². The van der Waals surface area contributed by atoms with Crippen LogP contribution in [0.3, 0.4) is 0 Å². The first-order chi connectivity index (χ1) is 13.6. The number of anilines is 1. The smallest absolute Gasteiger partial charge is 0.233 e. The molecule has 0 bridgehead atoms. The topological polar surface area (TPSA) is 81.4 Å². The zero-order valence-corrected chi connectivity index (χ0v) is 16.4. The Bertz CT molecular complexity index is 1060. The van der Waals surface area contributed by atoms with Crippen LogP contribution < -0.4 is 5.32 Å². The van der Waals surface area contributed by atoms with Crippen LogP contribution in [-0.2, 0) is 14.6 Å². The predicted octanol–water partition coefficient (Wildman–Crippen LogP) is 4.07. The summed E-state index contributed by atoms with van der Waals surface area (Å²) >= 11 is 0. The predicted molar refractivity (Wildman–Crippen MR) is 106 cm³/mol. The second-order valence-corrected chi connectivity index (χ2v) is 8.67. The monoisotopic (exact) mass is 398 g/mol. The third-order valence-electron chi connectivity index (χ3n) is 4.79. The first kappa shape index (κ1) is 18.7. The number of hydrogen-bond acceptors (Lipinski definition) is 6. The second kappa shape index (κ2) is 7.77. The van der Waals surface area contributed by atoms with Crippen LogP contribution in [0.15, 0.2) is 68.9 Å². The van der Waals surface area contributed by atoms with Crippen molar-refractivity contribution in [3.63, 3.8) is 0 Å². The van der Waals surface area contributed by atoms with E-state index in [9.17, 15) is 8.42 Å². The van der Waals surface area contributed by atoms with Crippen molar-refractivity contribution in [3.05, 3.63) is 60.2 Å². The highest BCUT2D eigenvalue weighted by molar-refractivity contribution is 7.91. The molecule has 1 aliphatic rings. The lowest BCUT2D eigenvalue weighted by molar-refractivity contribution is 0.120. The Kier molecular flexibility index (Phi) is 5.19. The molecule has 2 aromatic carbocycles. The molecule has 4 rings (SSSR count). The van der Waals surface area contributed by atoms with E-state index in [1.807, 2.05) is 31.2 Å². The van der Waals surface area contributed by atoms with E-state index in [2.05, 4.69) is 10.3 Å². The zero-order valence-electron chi connectivity index (χ0n) is 15.6. The number of nitrogens with zero attached hydrogens (tertiary/aromatic N) is 1. The standard InChI is InChI=1S/C21H22N2O4S/c1-15-8-5-6-12-18(15)19-23-21(28(24,25)17-10-3-2-4-11-17)20(27-19)22-14-16-9-7-13-26-16/h2-6,8,10-12,16,22H,7,9,13-14H2,1H3. The molecule has 1 fully saturated rings. The molecule has 0 amide bonds. The maximum absolute atomic E-state index is 13.2. The Hall–Kier alpha value is -2.64. The summed E-state index contributed by atoms with van der Waals surface area (Å²) < 4.78 is 37.9. The van der Waals surface area contributed by atoms with Crippen molar-refractivity contribution >= 4 is 15.7 Å². The van der Waals surface area contributed by atoms with Gasteiger partial charge in [0.2, 0.25) is 26.6 Å². The lowest BCUT2D eigenvalue weighted by atomic mass is 10.1. The van der Waals surface area contributed by atoms with Crippen molar-refractivity contribution in [2.45, 2.75) is 35.8 Å². The van der Waals surface area contributed by atoms with Crippen LogP contribution in [0.4, 0.5) is 5.88 Å². The van der Waals surface area contributed by atoms with Gasteiger partial charge in [-0.2, -0.15) is 4.98 Å². The number of rotatable bonds is 6. The van der Waals surface area contributed by atoms with Gasteiger partial charge in [-0.1, -0.05) is 36.4 Å². The van der Waals surface area contributed by atoms with Gasteiger partial charge in [0.05, 0.1) is 11.0 Å². The number of aryl methyl sites for hydroxylation is 1. The number of nitrogens with one attached hydrogen (secondary N) is 1. The van der Waals surface area contributed by atoms with Crippen molar-refractivity contribution in [1.29, 1.82) is 0 Å². The molecule has 1 aliphatic heterocycles. The first-order valence-electron chi connectivity index (χ1n) is 9.28. The number of aromatic nitrogens is 1. The molecule has 6 nitrogen and oxygen atoms in total. The Labute approximate surface area is 164 Å². The molecule has 28 heavy (non-hydrogen) atoms. The molecule has 0 aliphatic carbocycles. The van der Waals surface area contributed by atoms with Gasteiger partial charge < -0.3 is 14.5 Å². The van der Waals surface area contributed by atoms with E-state index >= 15 is 0 Å². The maximum Gasteiger partial charge on any atom is 0.233 e. The summed E-state index contributed by atoms with van der Waals surface area (Å²) in [6.45, 7) is 3.14. The number of sulfone groups is 1. The Morgan fingerprint density at radius 1 is 1.11 bits per heavy atom.